The van der Waals surface area contributed by atoms with Crippen LogP contribution in [-0.2, 0) is 4.74 Å². The molecule has 2 rings (SSSR count). The minimum Gasteiger partial charge on any atom is -0.490 e. The molecule has 1 atom stereocenters. The number of hydrogen-bond donors (Lipinski definition) is 2. The minimum absolute atomic E-state index is 0.253. The van der Waals surface area contributed by atoms with Crippen LogP contribution in [0.3, 0.4) is 0 Å². The molecule has 7 heteroatoms. The van der Waals surface area contributed by atoms with Gasteiger partial charge in [0.25, 0.3) is 0 Å². The van der Waals surface area contributed by atoms with Crippen molar-refractivity contribution in [2.24, 2.45) is 11.7 Å². The SMILES string of the molecule is COCNc1cc(-c2ccc(OC[C@@](C)(N)CC(C)C)c(C#N)c2)c(F)cn1. The molecular weight excluding hydrogens is 359 g/mol. The Balaban J connectivity index is 2.25. The van der Waals surface area contributed by atoms with E-state index in [1.54, 1.807) is 31.4 Å². The number of nitriles is 1. The van der Waals surface area contributed by atoms with Gasteiger partial charge in [-0.1, -0.05) is 19.9 Å². The molecule has 28 heavy (non-hydrogen) atoms. The number of benzene rings is 1. The fourth-order valence-electron chi connectivity index (χ4n) is 3.05. The van der Waals surface area contributed by atoms with Gasteiger partial charge in [0.1, 0.15) is 36.8 Å². The molecule has 6 nitrogen and oxygen atoms in total. The summed E-state index contributed by atoms with van der Waals surface area (Å²) >= 11 is 0. The first kappa shape index (κ1) is 21.6. The number of ether oxygens (including phenoxy) is 2. The fourth-order valence-corrected chi connectivity index (χ4v) is 3.05. The number of rotatable bonds is 9. The topological polar surface area (TPSA) is 93.2 Å². The van der Waals surface area contributed by atoms with Gasteiger partial charge in [0.15, 0.2) is 0 Å². The van der Waals surface area contributed by atoms with E-state index in [1.165, 1.54) is 0 Å². The van der Waals surface area contributed by atoms with Crippen LogP contribution < -0.4 is 15.8 Å². The summed E-state index contributed by atoms with van der Waals surface area (Å²) in [6.07, 6.45) is 1.93. The molecule has 0 saturated carbocycles. The molecular formula is C21H27FN4O2. The van der Waals surface area contributed by atoms with Crippen molar-refractivity contribution in [3.63, 3.8) is 0 Å². The van der Waals surface area contributed by atoms with Crippen LogP contribution in [-0.4, -0.2) is 31.0 Å². The number of anilines is 1. The van der Waals surface area contributed by atoms with Crippen LogP contribution >= 0.6 is 0 Å². The highest BCUT2D eigenvalue weighted by molar-refractivity contribution is 5.70. The van der Waals surface area contributed by atoms with Crippen LogP contribution in [0, 0.1) is 23.1 Å². The Labute approximate surface area is 165 Å². The average molecular weight is 386 g/mol. The molecule has 0 radical (unpaired) electrons. The van der Waals surface area contributed by atoms with Crippen molar-refractivity contribution in [1.82, 2.24) is 4.98 Å². The number of nitrogens with one attached hydrogen (secondary N) is 1. The molecule has 1 heterocycles. The smallest absolute Gasteiger partial charge is 0.149 e. The molecule has 0 aliphatic rings. The van der Waals surface area contributed by atoms with Crippen LogP contribution in [0.25, 0.3) is 11.1 Å². The molecule has 0 fully saturated rings. The molecule has 0 aliphatic carbocycles. The van der Waals surface area contributed by atoms with E-state index in [1.807, 2.05) is 6.92 Å². The number of nitrogens with zero attached hydrogens (tertiary/aromatic N) is 2. The number of aromatic nitrogens is 1. The Hall–Kier alpha value is -2.69. The first-order chi connectivity index (χ1) is 13.3. The van der Waals surface area contributed by atoms with Crippen LogP contribution in [0.1, 0.15) is 32.8 Å². The van der Waals surface area contributed by atoms with Crippen LogP contribution in [0.5, 0.6) is 5.75 Å². The number of nitrogens with two attached hydrogens (primary N) is 1. The summed E-state index contributed by atoms with van der Waals surface area (Å²) in [5.74, 6) is 0.863. The van der Waals surface area contributed by atoms with Crippen molar-refractivity contribution in [2.75, 3.05) is 25.8 Å². The number of halogens is 1. The van der Waals surface area contributed by atoms with Crippen molar-refractivity contribution in [2.45, 2.75) is 32.7 Å². The summed E-state index contributed by atoms with van der Waals surface area (Å²) in [5, 5.41) is 12.4. The predicted octanol–water partition coefficient (Wildman–Crippen LogP) is 3.92. The Morgan fingerprint density at radius 3 is 2.75 bits per heavy atom. The van der Waals surface area contributed by atoms with E-state index in [0.717, 1.165) is 12.6 Å². The maximum atomic E-state index is 14.3. The van der Waals surface area contributed by atoms with E-state index in [2.05, 4.69) is 30.2 Å². The highest BCUT2D eigenvalue weighted by Gasteiger charge is 2.22. The van der Waals surface area contributed by atoms with Gasteiger partial charge in [0, 0.05) is 18.2 Å². The highest BCUT2D eigenvalue weighted by Crippen LogP contribution is 2.30. The Kier molecular flexibility index (Phi) is 7.32. The molecule has 0 amide bonds. The average Bonchev–Trinajstić information content (AvgIpc) is 2.64. The van der Waals surface area contributed by atoms with E-state index >= 15 is 0 Å². The second-order valence-corrected chi connectivity index (χ2v) is 7.52. The van der Waals surface area contributed by atoms with Gasteiger partial charge < -0.3 is 20.5 Å². The van der Waals surface area contributed by atoms with Crippen molar-refractivity contribution >= 4 is 5.82 Å². The minimum atomic E-state index is -0.501. The lowest BCUT2D eigenvalue weighted by molar-refractivity contribution is 0.206. The van der Waals surface area contributed by atoms with Crippen LogP contribution in [0.4, 0.5) is 10.2 Å². The molecule has 0 bridgehead atoms. The summed E-state index contributed by atoms with van der Waals surface area (Å²) in [4.78, 5) is 3.97. The molecule has 0 saturated heterocycles. The second-order valence-electron chi connectivity index (χ2n) is 7.52. The molecule has 1 aromatic heterocycles. The zero-order chi connectivity index (χ0) is 20.7. The van der Waals surface area contributed by atoms with E-state index in [0.29, 0.717) is 34.2 Å². The lowest BCUT2D eigenvalue weighted by Gasteiger charge is -2.26. The zero-order valence-electron chi connectivity index (χ0n) is 16.8. The van der Waals surface area contributed by atoms with Crippen molar-refractivity contribution in [3.05, 3.63) is 41.8 Å². The van der Waals surface area contributed by atoms with Gasteiger partial charge in [-0.3, -0.25) is 0 Å². The van der Waals surface area contributed by atoms with Gasteiger partial charge in [-0.15, -0.1) is 0 Å². The van der Waals surface area contributed by atoms with Gasteiger partial charge in [0.05, 0.1) is 11.8 Å². The van der Waals surface area contributed by atoms with E-state index in [-0.39, 0.29) is 13.3 Å². The summed E-state index contributed by atoms with van der Waals surface area (Å²) < 4.78 is 25.0. The third-order valence-electron chi connectivity index (χ3n) is 4.10. The fraction of sp³-hybridized carbons (Fsp3) is 0.429. The number of hydrogen-bond acceptors (Lipinski definition) is 6. The third kappa shape index (κ3) is 5.91. The highest BCUT2D eigenvalue weighted by atomic mass is 19.1. The summed E-state index contributed by atoms with van der Waals surface area (Å²) in [6.45, 7) is 6.66. The summed E-state index contributed by atoms with van der Waals surface area (Å²) in [7, 11) is 1.54. The van der Waals surface area contributed by atoms with Crippen molar-refractivity contribution < 1.29 is 13.9 Å². The number of pyridine rings is 1. The first-order valence-corrected chi connectivity index (χ1v) is 9.10. The molecule has 1 aromatic carbocycles. The lowest BCUT2D eigenvalue weighted by atomic mass is 9.93. The first-order valence-electron chi connectivity index (χ1n) is 9.10. The zero-order valence-corrected chi connectivity index (χ0v) is 16.8. The lowest BCUT2D eigenvalue weighted by Crippen LogP contribution is -2.43. The molecule has 0 unspecified atom stereocenters. The summed E-state index contributed by atoms with van der Waals surface area (Å²) in [5.41, 5.74) is 6.98. The normalized spacial score (nSPS) is 13.1. The standard InChI is InChI=1S/C21H27FN4O2/c1-14(2)9-21(3,24)12-28-19-6-5-15(7-16(19)10-23)17-8-20(26-13-27-4)25-11-18(17)22/h5-8,11,14H,9,12-13,24H2,1-4H3,(H,25,26)/t21-/m0/s1. The monoisotopic (exact) mass is 386 g/mol. The second kappa shape index (κ2) is 9.49. The Morgan fingerprint density at radius 2 is 2.11 bits per heavy atom. The molecule has 0 spiro atoms. The van der Waals surface area contributed by atoms with Gasteiger partial charge in [-0.25, -0.2) is 9.37 Å². The van der Waals surface area contributed by atoms with Gasteiger partial charge in [-0.2, -0.15) is 5.26 Å². The molecule has 0 aliphatic heterocycles. The van der Waals surface area contributed by atoms with Gasteiger partial charge >= 0.3 is 0 Å². The number of methoxy groups -OCH3 is 1. The molecule has 150 valence electrons. The van der Waals surface area contributed by atoms with Gasteiger partial charge in [-0.05, 0) is 43.0 Å². The largest absolute Gasteiger partial charge is 0.490 e. The Bertz CT molecular complexity index is 847. The van der Waals surface area contributed by atoms with Crippen LogP contribution in [0.15, 0.2) is 30.5 Å². The van der Waals surface area contributed by atoms with E-state index in [4.69, 9.17) is 15.2 Å². The Morgan fingerprint density at radius 1 is 1.36 bits per heavy atom. The van der Waals surface area contributed by atoms with E-state index in [9.17, 15) is 9.65 Å². The quantitative estimate of drug-likeness (QED) is 0.635. The summed E-state index contributed by atoms with van der Waals surface area (Å²) in [6, 6.07) is 8.67. The van der Waals surface area contributed by atoms with E-state index < -0.39 is 11.4 Å². The predicted molar refractivity (Wildman–Crippen MR) is 107 cm³/mol. The molecule has 3 N–H and O–H groups in total. The van der Waals surface area contributed by atoms with Crippen molar-refractivity contribution in [3.8, 4) is 22.9 Å². The third-order valence-corrected chi connectivity index (χ3v) is 4.10. The van der Waals surface area contributed by atoms with Crippen molar-refractivity contribution in [1.29, 1.82) is 5.26 Å². The molecule has 2 aromatic rings. The van der Waals surface area contributed by atoms with Gasteiger partial charge in [0.2, 0.25) is 0 Å². The maximum Gasteiger partial charge on any atom is 0.149 e. The maximum absolute atomic E-state index is 14.3. The van der Waals surface area contributed by atoms with Crippen LogP contribution in [0.2, 0.25) is 0 Å².